The summed E-state index contributed by atoms with van der Waals surface area (Å²) in [6, 6.07) is 6.37. The summed E-state index contributed by atoms with van der Waals surface area (Å²) in [5.41, 5.74) is 6.24. The molecular formula is C14H19N5. The lowest BCUT2D eigenvalue weighted by Crippen LogP contribution is -2.35. The van der Waals surface area contributed by atoms with Crippen molar-refractivity contribution < 1.29 is 0 Å². The molecule has 2 aliphatic rings. The van der Waals surface area contributed by atoms with Crippen LogP contribution in [-0.2, 0) is 0 Å². The van der Waals surface area contributed by atoms with Crippen LogP contribution in [0.15, 0.2) is 12.1 Å². The number of aromatic nitrogens is 1. The molecule has 2 N–H and O–H groups in total. The van der Waals surface area contributed by atoms with Crippen molar-refractivity contribution in [3.8, 4) is 6.07 Å². The number of nitriles is 1. The Morgan fingerprint density at radius 1 is 1.26 bits per heavy atom. The Labute approximate surface area is 113 Å². The van der Waals surface area contributed by atoms with Gasteiger partial charge in [0, 0.05) is 19.1 Å². The average Bonchev–Trinajstić information content (AvgIpc) is 3.09. The maximum absolute atomic E-state index is 8.87. The molecule has 1 atom stereocenters. The first-order valence-corrected chi connectivity index (χ1v) is 6.93. The van der Waals surface area contributed by atoms with Crippen LogP contribution in [-0.4, -0.2) is 42.1 Å². The van der Waals surface area contributed by atoms with Crippen molar-refractivity contribution in [2.45, 2.75) is 25.3 Å². The number of nitrogens with two attached hydrogens (primary N) is 1. The van der Waals surface area contributed by atoms with E-state index in [0.29, 0.717) is 17.4 Å². The fourth-order valence-corrected chi connectivity index (χ4v) is 3.09. The zero-order valence-electron chi connectivity index (χ0n) is 11.0. The predicted molar refractivity (Wildman–Crippen MR) is 74.8 cm³/mol. The molecule has 0 amide bonds. The van der Waals surface area contributed by atoms with E-state index in [1.54, 1.807) is 6.07 Å². The molecule has 0 aliphatic carbocycles. The molecular weight excluding hydrogens is 238 g/mol. The number of likely N-dealkylation sites (tertiary alicyclic amines) is 1. The van der Waals surface area contributed by atoms with Crippen LogP contribution in [0, 0.1) is 11.3 Å². The molecule has 5 nitrogen and oxygen atoms in total. The van der Waals surface area contributed by atoms with E-state index in [9.17, 15) is 0 Å². The van der Waals surface area contributed by atoms with Gasteiger partial charge >= 0.3 is 0 Å². The van der Waals surface area contributed by atoms with Crippen molar-refractivity contribution in [1.82, 2.24) is 9.88 Å². The van der Waals surface area contributed by atoms with Crippen molar-refractivity contribution in [2.24, 2.45) is 0 Å². The van der Waals surface area contributed by atoms with Gasteiger partial charge in [-0.05, 0) is 44.5 Å². The van der Waals surface area contributed by atoms with Gasteiger partial charge in [0.25, 0.3) is 0 Å². The molecule has 19 heavy (non-hydrogen) atoms. The monoisotopic (exact) mass is 257 g/mol. The third-order valence-corrected chi connectivity index (χ3v) is 4.17. The molecule has 3 heterocycles. The summed E-state index contributed by atoms with van der Waals surface area (Å²) in [6.07, 6.45) is 3.86. The van der Waals surface area contributed by atoms with Crippen molar-refractivity contribution in [3.63, 3.8) is 0 Å². The molecule has 2 aliphatic heterocycles. The first-order chi connectivity index (χ1) is 9.28. The molecule has 2 fully saturated rings. The molecule has 100 valence electrons. The van der Waals surface area contributed by atoms with Crippen LogP contribution >= 0.6 is 0 Å². The van der Waals surface area contributed by atoms with Crippen molar-refractivity contribution >= 4 is 11.6 Å². The van der Waals surface area contributed by atoms with Gasteiger partial charge in [-0.2, -0.15) is 5.26 Å². The van der Waals surface area contributed by atoms with Gasteiger partial charge in [0.05, 0.1) is 5.56 Å². The number of hydrogen-bond acceptors (Lipinski definition) is 5. The zero-order chi connectivity index (χ0) is 13.2. The van der Waals surface area contributed by atoms with Gasteiger partial charge in [-0.15, -0.1) is 0 Å². The molecule has 2 saturated heterocycles. The third kappa shape index (κ3) is 2.36. The smallest absolute Gasteiger partial charge is 0.143 e. The Kier molecular flexibility index (Phi) is 3.26. The lowest BCUT2D eigenvalue weighted by Gasteiger charge is -2.24. The first-order valence-electron chi connectivity index (χ1n) is 6.93. The Morgan fingerprint density at radius 3 is 2.74 bits per heavy atom. The van der Waals surface area contributed by atoms with Gasteiger partial charge in [0.1, 0.15) is 17.7 Å². The van der Waals surface area contributed by atoms with Crippen LogP contribution in [0.1, 0.15) is 24.8 Å². The van der Waals surface area contributed by atoms with Gasteiger partial charge in [-0.25, -0.2) is 4.98 Å². The predicted octanol–water partition coefficient (Wildman–Crippen LogP) is 1.21. The van der Waals surface area contributed by atoms with E-state index >= 15 is 0 Å². The van der Waals surface area contributed by atoms with E-state index in [1.807, 2.05) is 6.07 Å². The molecule has 0 aromatic carbocycles. The van der Waals surface area contributed by atoms with E-state index in [2.05, 4.69) is 20.9 Å². The fraction of sp³-hybridized carbons (Fsp3) is 0.571. The summed E-state index contributed by atoms with van der Waals surface area (Å²) in [5, 5.41) is 8.87. The van der Waals surface area contributed by atoms with Gasteiger partial charge in [-0.3, -0.25) is 4.90 Å². The van der Waals surface area contributed by atoms with Gasteiger partial charge < -0.3 is 10.6 Å². The maximum Gasteiger partial charge on any atom is 0.143 e. The van der Waals surface area contributed by atoms with E-state index in [-0.39, 0.29) is 0 Å². The Morgan fingerprint density at radius 2 is 2.05 bits per heavy atom. The quantitative estimate of drug-likeness (QED) is 0.862. The van der Waals surface area contributed by atoms with Crippen LogP contribution in [0.5, 0.6) is 0 Å². The molecule has 1 unspecified atom stereocenters. The van der Waals surface area contributed by atoms with Gasteiger partial charge in [-0.1, -0.05) is 0 Å². The average molecular weight is 257 g/mol. The summed E-state index contributed by atoms with van der Waals surface area (Å²) in [6.45, 7) is 4.53. The highest BCUT2D eigenvalue weighted by molar-refractivity contribution is 5.55. The zero-order valence-corrected chi connectivity index (χ0v) is 11.0. The second kappa shape index (κ2) is 5.06. The molecule has 0 saturated carbocycles. The highest BCUT2D eigenvalue weighted by atomic mass is 15.3. The number of anilines is 2. The SMILES string of the molecule is N#Cc1ccc(N2CCC(N3CCCC3)C2)nc1N. The topological polar surface area (TPSA) is 69.2 Å². The van der Waals surface area contributed by atoms with Crippen molar-refractivity contribution in [3.05, 3.63) is 17.7 Å². The summed E-state index contributed by atoms with van der Waals surface area (Å²) in [4.78, 5) is 9.22. The number of pyridine rings is 1. The maximum atomic E-state index is 8.87. The summed E-state index contributed by atoms with van der Waals surface area (Å²) < 4.78 is 0. The lowest BCUT2D eigenvalue weighted by atomic mass is 10.2. The summed E-state index contributed by atoms with van der Waals surface area (Å²) >= 11 is 0. The first kappa shape index (κ1) is 12.2. The highest BCUT2D eigenvalue weighted by Gasteiger charge is 2.29. The second-order valence-electron chi connectivity index (χ2n) is 5.35. The standard InChI is InChI=1S/C14H19N5/c15-9-11-3-4-13(17-14(11)16)19-8-5-12(10-19)18-6-1-2-7-18/h3-4,12H,1-2,5-8,10H2,(H2,16,17). The van der Waals surface area contributed by atoms with E-state index in [1.165, 1.54) is 32.4 Å². The minimum atomic E-state index is 0.338. The Balaban J connectivity index is 1.70. The largest absolute Gasteiger partial charge is 0.383 e. The molecule has 3 rings (SSSR count). The highest BCUT2D eigenvalue weighted by Crippen LogP contribution is 2.25. The molecule has 5 heteroatoms. The van der Waals surface area contributed by atoms with Crippen LogP contribution in [0.3, 0.4) is 0 Å². The van der Waals surface area contributed by atoms with Gasteiger partial charge in [0.15, 0.2) is 0 Å². The lowest BCUT2D eigenvalue weighted by molar-refractivity contribution is 0.260. The van der Waals surface area contributed by atoms with Gasteiger partial charge in [0.2, 0.25) is 0 Å². The van der Waals surface area contributed by atoms with Crippen LogP contribution in [0.4, 0.5) is 11.6 Å². The van der Waals surface area contributed by atoms with Crippen LogP contribution in [0.2, 0.25) is 0 Å². The summed E-state index contributed by atoms with van der Waals surface area (Å²) in [5.74, 6) is 1.24. The molecule has 0 radical (unpaired) electrons. The van der Waals surface area contributed by atoms with E-state index in [0.717, 1.165) is 18.9 Å². The normalized spacial score (nSPS) is 23.7. The number of hydrogen-bond donors (Lipinski definition) is 1. The van der Waals surface area contributed by atoms with Crippen molar-refractivity contribution in [2.75, 3.05) is 36.8 Å². The number of rotatable bonds is 2. The van der Waals surface area contributed by atoms with Crippen LogP contribution in [0.25, 0.3) is 0 Å². The molecule has 1 aromatic heterocycles. The minimum absolute atomic E-state index is 0.338. The van der Waals surface area contributed by atoms with E-state index in [4.69, 9.17) is 11.0 Å². The molecule has 1 aromatic rings. The van der Waals surface area contributed by atoms with E-state index < -0.39 is 0 Å². The number of nitrogens with zero attached hydrogens (tertiary/aromatic N) is 4. The number of nitrogen functional groups attached to an aromatic ring is 1. The molecule has 0 spiro atoms. The third-order valence-electron chi connectivity index (χ3n) is 4.17. The summed E-state index contributed by atoms with van der Waals surface area (Å²) in [7, 11) is 0. The van der Waals surface area contributed by atoms with Crippen molar-refractivity contribution in [1.29, 1.82) is 5.26 Å². The minimum Gasteiger partial charge on any atom is -0.383 e. The van der Waals surface area contributed by atoms with Crippen LogP contribution < -0.4 is 10.6 Å². The Hall–Kier alpha value is -1.80. The second-order valence-corrected chi connectivity index (χ2v) is 5.35. The fourth-order valence-electron chi connectivity index (χ4n) is 3.09. The Bertz CT molecular complexity index is 501. The molecule has 0 bridgehead atoms.